The van der Waals surface area contributed by atoms with E-state index in [1.807, 2.05) is 13.8 Å². The summed E-state index contributed by atoms with van der Waals surface area (Å²) in [7, 11) is 0. The van der Waals surface area contributed by atoms with E-state index in [2.05, 4.69) is 16.0 Å². The first-order valence-electron chi connectivity index (χ1n) is 9.20. The maximum atomic E-state index is 13.6. The fourth-order valence-electron chi connectivity index (χ4n) is 2.40. The zero-order valence-corrected chi connectivity index (χ0v) is 16.2. The second kappa shape index (κ2) is 10.3. The van der Waals surface area contributed by atoms with Crippen LogP contribution in [0.3, 0.4) is 0 Å². The molecule has 6 nitrogen and oxygen atoms in total. The van der Waals surface area contributed by atoms with E-state index in [9.17, 15) is 23.2 Å². The predicted molar refractivity (Wildman–Crippen MR) is 105 cm³/mol. The largest absolute Gasteiger partial charge is 0.350 e. The number of carbonyl (C=O) groups is 3. The van der Waals surface area contributed by atoms with Gasteiger partial charge in [-0.05, 0) is 36.2 Å². The zero-order chi connectivity index (χ0) is 21.4. The molecule has 3 N–H and O–H groups in total. The average Bonchev–Trinajstić information content (AvgIpc) is 2.70. The van der Waals surface area contributed by atoms with Gasteiger partial charge in [-0.15, -0.1) is 0 Å². The Balaban J connectivity index is 1.84. The molecule has 2 aromatic carbocycles. The van der Waals surface area contributed by atoms with Gasteiger partial charge in [0.15, 0.2) is 0 Å². The Morgan fingerprint density at radius 1 is 1.03 bits per heavy atom. The molecule has 0 bridgehead atoms. The molecule has 3 amide bonds. The minimum Gasteiger partial charge on any atom is -0.350 e. The molecule has 2 rings (SSSR count). The molecule has 1 atom stereocenters. The number of halogens is 2. The SMILES string of the molecule is CCC(C)C(=O)Nc1cccc(CNC(=O)CNC(=O)c2ccc(F)cc2F)c1. The number of nitrogens with one attached hydrogen (secondary N) is 3. The molecule has 2 aromatic rings. The van der Waals surface area contributed by atoms with Gasteiger partial charge in [-0.25, -0.2) is 8.78 Å². The summed E-state index contributed by atoms with van der Waals surface area (Å²) >= 11 is 0. The lowest BCUT2D eigenvalue weighted by atomic mass is 10.1. The van der Waals surface area contributed by atoms with E-state index in [0.717, 1.165) is 24.1 Å². The summed E-state index contributed by atoms with van der Waals surface area (Å²) in [6.45, 7) is 3.59. The third-order valence-corrected chi connectivity index (χ3v) is 4.33. The van der Waals surface area contributed by atoms with Crippen molar-refractivity contribution in [3.63, 3.8) is 0 Å². The standard InChI is InChI=1S/C21H23F2N3O3/c1-3-13(2)20(28)26-16-6-4-5-14(9-16)11-24-19(27)12-25-21(29)17-8-7-15(22)10-18(17)23/h4-10,13H,3,11-12H2,1-2H3,(H,24,27)(H,25,29)(H,26,28). The van der Waals surface area contributed by atoms with Crippen LogP contribution in [0.25, 0.3) is 0 Å². The quantitative estimate of drug-likeness (QED) is 0.633. The first-order valence-corrected chi connectivity index (χ1v) is 9.20. The summed E-state index contributed by atoms with van der Waals surface area (Å²) in [4.78, 5) is 35.8. The van der Waals surface area contributed by atoms with E-state index in [0.29, 0.717) is 11.8 Å². The highest BCUT2D eigenvalue weighted by molar-refractivity contribution is 5.96. The van der Waals surface area contributed by atoms with Crippen LogP contribution in [-0.4, -0.2) is 24.3 Å². The van der Waals surface area contributed by atoms with E-state index in [1.165, 1.54) is 0 Å². The average molecular weight is 403 g/mol. The monoisotopic (exact) mass is 403 g/mol. The van der Waals surface area contributed by atoms with Crippen LogP contribution in [0, 0.1) is 17.6 Å². The number of anilines is 1. The Kier molecular flexibility index (Phi) is 7.82. The van der Waals surface area contributed by atoms with Crippen molar-refractivity contribution in [1.29, 1.82) is 0 Å². The Labute approximate surface area is 167 Å². The second-order valence-corrected chi connectivity index (χ2v) is 6.58. The van der Waals surface area contributed by atoms with Crippen molar-refractivity contribution in [1.82, 2.24) is 10.6 Å². The van der Waals surface area contributed by atoms with Crippen LogP contribution < -0.4 is 16.0 Å². The third kappa shape index (κ3) is 6.67. The van der Waals surface area contributed by atoms with Gasteiger partial charge in [0.2, 0.25) is 11.8 Å². The second-order valence-electron chi connectivity index (χ2n) is 6.58. The summed E-state index contributed by atoms with van der Waals surface area (Å²) in [5.74, 6) is -3.27. The number of hydrogen-bond donors (Lipinski definition) is 3. The molecule has 0 fully saturated rings. The first-order chi connectivity index (χ1) is 13.8. The van der Waals surface area contributed by atoms with Crippen molar-refractivity contribution >= 4 is 23.4 Å². The molecule has 8 heteroatoms. The molecule has 0 aliphatic rings. The minimum atomic E-state index is -1.00. The fraction of sp³-hybridized carbons (Fsp3) is 0.286. The van der Waals surface area contributed by atoms with Crippen molar-refractivity contribution in [2.24, 2.45) is 5.92 Å². The van der Waals surface area contributed by atoms with E-state index in [-0.39, 0.29) is 30.5 Å². The molecule has 0 saturated heterocycles. The summed E-state index contributed by atoms with van der Waals surface area (Å²) in [5.41, 5.74) is 1.04. The van der Waals surface area contributed by atoms with Gasteiger partial charge in [0.05, 0.1) is 12.1 Å². The molecule has 0 saturated carbocycles. The number of hydrogen-bond acceptors (Lipinski definition) is 3. The van der Waals surface area contributed by atoms with Crippen LogP contribution in [0.4, 0.5) is 14.5 Å². The third-order valence-electron chi connectivity index (χ3n) is 4.33. The normalized spacial score (nSPS) is 11.4. The molecule has 0 aromatic heterocycles. The lowest BCUT2D eigenvalue weighted by Crippen LogP contribution is -2.36. The molecular formula is C21H23F2N3O3. The van der Waals surface area contributed by atoms with Crippen molar-refractivity contribution < 1.29 is 23.2 Å². The number of benzene rings is 2. The van der Waals surface area contributed by atoms with Gasteiger partial charge in [-0.3, -0.25) is 14.4 Å². The first kappa shape index (κ1) is 22.0. The summed E-state index contributed by atoms with van der Waals surface area (Å²) in [6.07, 6.45) is 0.731. The number of carbonyl (C=O) groups excluding carboxylic acids is 3. The Morgan fingerprint density at radius 2 is 1.79 bits per heavy atom. The van der Waals surface area contributed by atoms with Crippen LogP contribution in [0.15, 0.2) is 42.5 Å². The van der Waals surface area contributed by atoms with Crippen molar-refractivity contribution in [3.8, 4) is 0 Å². The van der Waals surface area contributed by atoms with Crippen molar-refractivity contribution in [3.05, 3.63) is 65.2 Å². The number of amides is 3. The van der Waals surface area contributed by atoms with Gasteiger partial charge >= 0.3 is 0 Å². The summed E-state index contributed by atoms with van der Waals surface area (Å²) in [5, 5.41) is 7.72. The fourth-order valence-corrected chi connectivity index (χ4v) is 2.40. The van der Waals surface area contributed by atoms with Crippen LogP contribution in [0.5, 0.6) is 0 Å². The summed E-state index contributed by atoms with van der Waals surface area (Å²) < 4.78 is 26.4. The zero-order valence-electron chi connectivity index (χ0n) is 16.2. The van der Waals surface area contributed by atoms with Gasteiger partial charge in [0, 0.05) is 24.2 Å². The molecule has 154 valence electrons. The Morgan fingerprint density at radius 3 is 2.48 bits per heavy atom. The van der Waals surface area contributed by atoms with E-state index >= 15 is 0 Å². The lowest BCUT2D eigenvalue weighted by Gasteiger charge is -2.12. The van der Waals surface area contributed by atoms with E-state index < -0.39 is 23.4 Å². The van der Waals surface area contributed by atoms with E-state index in [4.69, 9.17) is 0 Å². The predicted octanol–water partition coefficient (Wildman–Crippen LogP) is 3.00. The molecule has 0 heterocycles. The molecule has 1 unspecified atom stereocenters. The van der Waals surface area contributed by atoms with Gasteiger partial charge in [-0.2, -0.15) is 0 Å². The summed E-state index contributed by atoms with van der Waals surface area (Å²) in [6, 6.07) is 9.61. The highest BCUT2D eigenvalue weighted by atomic mass is 19.1. The molecule has 0 aliphatic carbocycles. The minimum absolute atomic E-state index is 0.0792. The van der Waals surface area contributed by atoms with Gasteiger partial charge in [-0.1, -0.05) is 26.0 Å². The molecular weight excluding hydrogens is 380 g/mol. The smallest absolute Gasteiger partial charge is 0.254 e. The topological polar surface area (TPSA) is 87.3 Å². The van der Waals surface area contributed by atoms with E-state index in [1.54, 1.807) is 24.3 Å². The van der Waals surface area contributed by atoms with Gasteiger partial charge in [0.1, 0.15) is 11.6 Å². The van der Waals surface area contributed by atoms with Crippen molar-refractivity contribution in [2.45, 2.75) is 26.8 Å². The van der Waals surface area contributed by atoms with Crippen molar-refractivity contribution in [2.75, 3.05) is 11.9 Å². The Hall–Kier alpha value is -3.29. The Bertz CT molecular complexity index is 902. The van der Waals surface area contributed by atoms with Crippen LogP contribution in [0.2, 0.25) is 0 Å². The van der Waals surface area contributed by atoms with Crippen LogP contribution in [0.1, 0.15) is 36.2 Å². The van der Waals surface area contributed by atoms with Crippen LogP contribution >= 0.6 is 0 Å². The van der Waals surface area contributed by atoms with Gasteiger partial charge in [0.25, 0.3) is 5.91 Å². The maximum absolute atomic E-state index is 13.6. The lowest BCUT2D eigenvalue weighted by molar-refractivity contribution is -0.120. The molecule has 0 radical (unpaired) electrons. The van der Waals surface area contributed by atoms with Crippen LogP contribution in [-0.2, 0) is 16.1 Å². The molecule has 0 spiro atoms. The highest BCUT2D eigenvalue weighted by Gasteiger charge is 2.14. The molecule has 29 heavy (non-hydrogen) atoms. The number of rotatable bonds is 8. The highest BCUT2D eigenvalue weighted by Crippen LogP contribution is 2.13. The maximum Gasteiger partial charge on any atom is 0.254 e. The molecule has 0 aliphatic heterocycles. The van der Waals surface area contributed by atoms with Gasteiger partial charge < -0.3 is 16.0 Å².